The highest BCUT2D eigenvalue weighted by atomic mass is 79.9. The Hall–Kier alpha value is -1.88. The minimum absolute atomic E-state index is 0.123. The lowest BCUT2D eigenvalue weighted by atomic mass is 10.1. The maximum Gasteiger partial charge on any atom is 0.406 e. The molecule has 1 aromatic heterocycles. The van der Waals surface area contributed by atoms with Gasteiger partial charge in [0.15, 0.2) is 0 Å². The number of rotatable bonds is 5. The number of nitrogens with zero attached hydrogens (tertiary/aromatic N) is 1. The van der Waals surface area contributed by atoms with Crippen molar-refractivity contribution >= 4 is 63.7 Å². The van der Waals surface area contributed by atoms with Gasteiger partial charge in [-0.3, -0.25) is 0 Å². The molecule has 34 heavy (non-hydrogen) atoms. The van der Waals surface area contributed by atoms with Gasteiger partial charge < -0.3 is 4.57 Å². The smallest absolute Gasteiger partial charge is 0.338 e. The highest BCUT2D eigenvalue weighted by Crippen LogP contribution is 2.35. The van der Waals surface area contributed by atoms with Gasteiger partial charge in [0, 0.05) is 37.3 Å². The summed E-state index contributed by atoms with van der Waals surface area (Å²) in [6, 6.07) is 11.6. The zero-order valence-electron chi connectivity index (χ0n) is 18.5. The number of nitrogens with one attached hydrogen (secondary N) is 1. The van der Waals surface area contributed by atoms with Gasteiger partial charge in [0.1, 0.15) is 6.04 Å². The Bertz CT molecular complexity index is 1450. The number of fused-ring (bicyclic) bond motifs is 3. The van der Waals surface area contributed by atoms with Crippen LogP contribution in [0.2, 0.25) is 0 Å². The third kappa shape index (κ3) is 4.78. The van der Waals surface area contributed by atoms with Crippen molar-refractivity contribution in [2.24, 2.45) is 0 Å². The molecule has 1 N–H and O–H groups in total. The lowest BCUT2D eigenvalue weighted by Crippen LogP contribution is -2.48. The summed E-state index contributed by atoms with van der Waals surface area (Å²) in [5, 5.41) is 1.53. The van der Waals surface area contributed by atoms with E-state index in [-0.39, 0.29) is 4.90 Å². The summed E-state index contributed by atoms with van der Waals surface area (Å²) in [6.07, 6.45) is -4.81. The van der Waals surface area contributed by atoms with E-state index in [4.69, 9.17) is 0 Å². The first-order chi connectivity index (χ1) is 15.8. The summed E-state index contributed by atoms with van der Waals surface area (Å²) in [4.78, 5) is -0.123. The SMILES string of the molecule is Cc1cc(C)c(S(=O)(=O)NC(Cn2c3ccc(Br)cc3c3cc(Br)ccc32)C(F)(F)F)c(C)c1. The van der Waals surface area contributed by atoms with Crippen LogP contribution in [0.25, 0.3) is 21.8 Å². The minimum Gasteiger partial charge on any atom is -0.338 e. The van der Waals surface area contributed by atoms with Gasteiger partial charge in [0.05, 0.1) is 4.90 Å². The molecule has 0 fully saturated rings. The van der Waals surface area contributed by atoms with Gasteiger partial charge in [-0.1, -0.05) is 49.6 Å². The summed E-state index contributed by atoms with van der Waals surface area (Å²) < 4.78 is 73.9. The number of sulfonamides is 1. The number of alkyl halides is 3. The van der Waals surface area contributed by atoms with Crippen LogP contribution < -0.4 is 4.72 Å². The Morgan fingerprint density at radius 2 is 1.35 bits per heavy atom. The second kappa shape index (κ2) is 8.96. The van der Waals surface area contributed by atoms with Crippen molar-refractivity contribution in [3.8, 4) is 0 Å². The average molecular weight is 618 g/mol. The number of halogens is 5. The number of aromatic nitrogens is 1. The first kappa shape index (κ1) is 25.2. The molecule has 0 amide bonds. The molecular formula is C24H21Br2F3N2O2S. The Kier molecular flexibility index (Phi) is 6.65. The molecule has 0 radical (unpaired) electrons. The first-order valence-electron chi connectivity index (χ1n) is 10.3. The third-order valence-corrected chi connectivity index (χ3v) is 8.48. The lowest BCUT2D eigenvalue weighted by Gasteiger charge is -2.24. The average Bonchev–Trinajstić information content (AvgIpc) is 2.97. The molecule has 4 nitrogen and oxygen atoms in total. The van der Waals surface area contributed by atoms with E-state index in [2.05, 4.69) is 31.9 Å². The Morgan fingerprint density at radius 1 is 0.882 bits per heavy atom. The molecule has 0 aliphatic carbocycles. The van der Waals surface area contributed by atoms with Crippen molar-refractivity contribution in [3.05, 3.63) is 74.2 Å². The second-order valence-electron chi connectivity index (χ2n) is 8.38. The number of aryl methyl sites for hydroxylation is 3. The molecule has 0 aliphatic heterocycles. The van der Waals surface area contributed by atoms with E-state index in [1.165, 1.54) is 4.57 Å². The molecule has 0 saturated heterocycles. The lowest BCUT2D eigenvalue weighted by molar-refractivity contribution is -0.153. The van der Waals surface area contributed by atoms with Gasteiger partial charge in [0.25, 0.3) is 0 Å². The van der Waals surface area contributed by atoms with E-state index in [1.54, 1.807) is 57.2 Å². The molecule has 0 bridgehead atoms. The summed E-state index contributed by atoms with van der Waals surface area (Å²) >= 11 is 6.84. The van der Waals surface area contributed by atoms with Crippen LogP contribution in [0, 0.1) is 20.8 Å². The molecule has 4 rings (SSSR count). The standard InChI is InChI=1S/C24H21Br2F3N2O2S/c1-13-8-14(2)23(15(3)9-13)34(32,33)30-22(24(27,28)29)12-31-20-6-4-16(25)10-18(20)19-11-17(26)5-7-21(19)31/h4-11,22,30H,12H2,1-3H3. The topological polar surface area (TPSA) is 51.1 Å². The van der Waals surface area contributed by atoms with Crippen molar-refractivity contribution in [1.82, 2.24) is 9.29 Å². The normalized spacial score (nSPS) is 13.6. The van der Waals surface area contributed by atoms with Gasteiger partial charge >= 0.3 is 6.18 Å². The van der Waals surface area contributed by atoms with Crippen LogP contribution in [-0.2, 0) is 16.6 Å². The zero-order valence-corrected chi connectivity index (χ0v) is 22.5. The Labute approximate surface area is 212 Å². The van der Waals surface area contributed by atoms with Gasteiger partial charge in [-0.15, -0.1) is 0 Å². The van der Waals surface area contributed by atoms with E-state index in [9.17, 15) is 21.6 Å². The van der Waals surface area contributed by atoms with Crippen LogP contribution in [0.3, 0.4) is 0 Å². The molecule has 1 heterocycles. The summed E-state index contributed by atoms with van der Waals surface area (Å²) in [5.41, 5.74) is 2.79. The van der Waals surface area contributed by atoms with E-state index < -0.39 is 28.8 Å². The van der Waals surface area contributed by atoms with E-state index in [0.29, 0.717) is 22.2 Å². The molecule has 4 aromatic rings. The maximum atomic E-state index is 14.2. The van der Waals surface area contributed by atoms with E-state index in [1.807, 2.05) is 16.9 Å². The van der Waals surface area contributed by atoms with Crippen LogP contribution in [0.15, 0.2) is 62.4 Å². The predicted octanol–water partition coefficient (Wildman–Crippen LogP) is 7.15. The first-order valence-corrected chi connectivity index (χ1v) is 13.4. The van der Waals surface area contributed by atoms with Crippen molar-refractivity contribution in [3.63, 3.8) is 0 Å². The third-order valence-electron chi connectivity index (χ3n) is 5.72. The van der Waals surface area contributed by atoms with Crippen LogP contribution in [0.5, 0.6) is 0 Å². The van der Waals surface area contributed by atoms with Gasteiger partial charge in [-0.05, 0) is 68.3 Å². The maximum absolute atomic E-state index is 14.2. The van der Waals surface area contributed by atoms with Crippen molar-refractivity contribution in [2.45, 2.75) is 44.4 Å². The van der Waals surface area contributed by atoms with Crippen LogP contribution in [-0.4, -0.2) is 25.2 Å². The molecular weight excluding hydrogens is 597 g/mol. The fourth-order valence-corrected chi connectivity index (χ4v) is 6.86. The molecule has 10 heteroatoms. The molecule has 0 spiro atoms. The molecule has 180 valence electrons. The Balaban J connectivity index is 1.84. The molecule has 0 aliphatic rings. The zero-order chi connectivity index (χ0) is 25.0. The van der Waals surface area contributed by atoms with Crippen LogP contribution in [0.4, 0.5) is 13.2 Å². The largest absolute Gasteiger partial charge is 0.406 e. The van der Waals surface area contributed by atoms with E-state index in [0.717, 1.165) is 25.3 Å². The highest BCUT2D eigenvalue weighted by Gasteiger charge is 2.43. The highest BCUT2D eigenvalue weighted by molar-refractivity contribution is 9.10. The molecule has 1 atom stereocenters. The molecule has 1 unspecified atom stereocenters. The predicted molar refractivity (Wildman–Crippen MR) is 136 cm³/mol. The van der Waals surface area contributed by atoms with Gasteiger partial charge in [-0.25, -0.2) is 8.42 Å². The van der Waals surface area contributed by atoms with Gasteiger partial charge in [0.2, 0.25) is 10.0 Å². The monoisotopic (exact) mass is 616 g/mol. The van der Waals surface area contributed by atoms with Crippen LogP contribution in [0.1, 0.15) is 16.7 Å². The fourth-order valence-electron chi connectivity index (χ4n) is 4.47. The number of hydrogen-bond donors (Lipinski definition) is 1. The Morgan fingerprint density at radius 3 is 1.79 bits per heavy atom. The van der Waals surface area contributed by atoms with Crippen molar-refractivity contribution in [1.29, 1.82) is 0 Å². The number of hydrogen-bond acceptors (Lipinski definition) is 2. The fraction of sp³-hybridized carbons (Fsp3) is 0.250. The molecule has 3 aromatic carbocycles. The van der Waals surface area contributed by atoms with Crippen LogP contribution >= 0.6 is 31.9 Å². The molecule has 0 saturated carbocycles. The van der Waals surface area contributed by atoms with Crippen molar-refractivity contribution in [2.75, 3.05) is 0 Å². The van der Waals surface area contributed by atoms with Crippen molar-refractivity contribution < 1.29 is 21.6 Å². The number of benzene rings is 3. The summed E-state index contributed by atoms with van der Waals surface area (Å²) in [7, 11) is -4.44. The quantitative estimate of drug-likeness (QED) is 0.258. The second-order valence-corrected chi connectivity index (χ2v) is 11.9. The van der Waals surface area contributed by atoms with Gasteiger partial charge in [-0.2, -0.15) is 17.9 Å². The summed E-state index contributed by atoms with van der Waals surface area (Å²) in [5.74, 6) is 0. The summed E-state index contributed by atoms with van der Waals surface area (Å²) in [6.45, 7) is 4.36. The minimum atomic E-state index is -4.81. The van der Waals surface area contributed by atoms with E-state index >= 15 is 0 Å².